The van der Waals surface area contributed by atoms with Crippen molar-refractivity contribution in [1.82, 2.24) is 0 Å². The lowest BCUT2D eigenvalue weighted by Crippen LogP contribution is -1.95. The summed E-state index contributed by atoms with van der Waals surface area (Å²) in [6.07, 6.45) is 2.63. The summed E-state index contributed by atoms with van der Waals surface area (Å²) in [6.45, 7) is 0. The minimum Gasteiger partial charge on any atom is -0.193 e. The van der Waals surface area contributed by atoms with Gasteiger partial charge in [0.1, 0.15) is 6.16 Å². The van der Waals surface area contributed by atoms with Crippen molar-refractivity contribution >= 4 is 19.3 Å². The van der Waals surface area contributed by atoms with Crippen molar-refractivity contribution in [3.63, 3.8) is 0 Å². The molecule has 0 saturated heterocycles. The lowest BCUT2D eigenvalue weighted by atomic mass is 10.2. The van der Waals surface area contributed by atoms with Crippen LogP contribution in [-0.4, -0.2) is 20.8 Å². The molecule has 3 N–H and O–H groups in total. The molecule has 0 aliphatic heterocycles. The normalized spacial score (nSPS) is 11.9. The van der Waals surface area contributed by atoms with Crippen molar-refractivity contribution in [2.45, 2.75) is 19.3 Å². The Balaban J connectivity index is 2.09. The molecule has 0 spiro atoms. The predicted molar refractivity (Wildman–Crippen MR) is 55.7 cm³/mol. The zero-order valence-corrected chi connectivity index (χ0v) is 8.97. The molecule has 74 valence electrons. The van der Waals surface area contributed by atoms with E-state index >= 15 is 0 Å². The SMILES string of the molecule is O[P+](O)(O)CCCCc1cccs1. The van der Waals surface area contributed by atoms with Crippen LogP contribution in [0.2, 0.25) is 0 Å². The van der Waals surface area contributed by atoms with Gasteiger partial charge >= 0.3 is 7.94 Å². The Morgan fingerprint density at radius 3 is 2.54 bits per heavy atom. The molecule has 0 fully saturated rings. The van der Waals surface area contributed by atoms with E-state index in [1.807, 2.05) is 11.4 Å². The Morgan fingerprint density at radius 2 is 2.00 bits per heavy atom. The summed E-state index contributed by atoms with van der Waals surface area (Å²) in [6, 6.07) is 4.06. The molecule has 0 aromatic carbocycles. The maximum Gasteiger partial charge on any atom is 0.403 e. The molecule has 0 aliphatic rings. The average Bonchev–Trinajstić information content (AvgIpc) is 2.48. The Hall–Kier alpha value is 0.0100. The van der Waals surface area contributed by atoms with Gasteiger partial charge in [0, 0.05) is 4.88 Å². The van der Waals surface area contributed by atoms with E-state index in [-0.39, 0.29) is 6.16 Å². The van der Waals surface area contributed by atoms with Gasteiger partial charge in [-0.3, -0.25) is 0 Å². The van der Waals surface area contributed by atoms with Gasteiger partial charge in [-0.15, -0.1) is 11.3 Å². The molecule has 0 radical (unpaired) electrons. The number of rotatable bonds is 5. The Labute approximate surface area is 82.3 Å². The summed E-state index contributed by atoms with van der Waals surface area (Å²) in [5, 5.41) is 2.02. The number of unbranched alkanes of at least 4 members (excludes halogenated alkanes) is 1. The van der Waals surface area contributed by atoms with Crippen molar-refractivity contribution in [2.75, 3.05) is 6.16 Å². The average molecular weight is 221 g/mol. The van der Waals surface area contributed by atoms with Gasteiger partial charge in [0.15, 0.2) is 0 Å². The first-order valence-electron chi connectivity index (χ1n) is 4.16. The maximum atomic E-state index is 8.70. The molecule has 1 rings (SSSR count). The van der Waals surface area contributed by atoms with Crippen molar-refractivity contribution in [1.29, 1.82) is 0 Å². The Bertz CT molecular complexity index is 230. The van der Waals surface area contributed by atoms with Gasteiger partial charge in [-0.25, -0.2) is 0 Å². The molecular weight excluding hydrogens is 207 g/mol. The van der Waals surface area contributed by atoms with Gasteiger partial charge in [0.2, 0.25) is 0 Å². The third-order valence-corrected chi connectivity index (χ3v) is 3.56. The standard InChI is InChI=1S/C8H14O3PS/c9-12(10,11)6-2-1-4-8-5-3-7-13-8/h3,5,7,9-11H,1-2,4,6H2/q+1. The van der Waals surface area contributed by atoms with Crippen LogP contribution in [0.4, 0.5) is 0 Å². The van der Waals surface area contributed by atoms with Crippen LogP contribution in [0, 0.1) is 0 Å². The number of hydrogen-bond acceptors (Lipinski definition) is 4. The molecule has 0 bridgehead atoms. The first kappa shape index (κ1) is 11.1. The van der Waals surface area contributed by atoms with Crippen molar-refractivity contribution < 1.29 is 14.7 Å². The minimum atomic E-state index is -3.52. The summed E-state index contributed by atoms with van der Waals surface area (Å²) >= 11 is 1.70. The number of hydrogen-bond donors (Lipinski definition) is 3. The highest BCUT2D eigenvalue weighted by Crippen LogP contribution is 2.45. The van der Waals surface area contributed by atoms with E-state index in [0.29, 0.717) is 6.42 Å². The van der Waals surface area contributed by atoms with Crippen LogP contribution in [0.1, 0.15) is 17.7 Å². The van der Waals surface area contributed by atoms with Gasteiger partial charge in [0.05, 0.1) is 0 Å². The number of aryl methyl sites for hydroxylation is 1. The topological polar surface area (TPSA) is 60.7 Å². The van der Waals surface area contributed by atoms with Crippen LogP contribution in [0.15, 0.2) is 17.5 Å². The van der Waals surface area contributed by atoms with Gasteiger partial charge in [-0.1, -0.05) is 6.07 Å². The lowest BCUT2D eigenvalue weighted by Gasteiger charge is -2.02. The fourth-order valence-corrected chi connectivity index (χ4v) is 2.48. The predicted octanol–water partition coefficient (Wildman–Crippen LogP) is 1.81. The second-order valence-electron chi connectivity index (χ2n) is 2.95. The minimum absolute atomic E-state index is 0.123. The van der Waals surface area contributed by atoms with E-state index in [1.54, 1.807) is 11.3 Å². The third-order valence-electron chi connectivity index (χ3n) is 1.71. The van der Waals surface area contributed by atoms with Crippen LogP contribution in [0.3, 0.4) is 0 Å². The van der Waals surface area contributed by atoms with E-state index in [4.69, 9.17) is 14.7 Å². The zero-order valence-electron chi connectivity index (χ0n) is 7.26. The highest BCUT2D eigenvalue weighted by Gasteiger charge is 2.27. The smallest absolute Gasteiger partial charge is 0.193 e. The van der Waals surface area contributed by atoms with Crippen LogP contribution in [-0.2, 0) is 6.42 Å². The van der Waals surface area contributed by atoms with E-state index in [0.717, 1.165) is 12.8 Å². The van der Waals surface area contributed by atoms with Crippen LogP contribution >= 0.6 is 19.3 Å². The Kier molecular flexibility index (Phi) is 4.29. The summed E-state index contributed by atoms with van der Waals surface area (Å²) in [5.74, 6) is 0. The molecule has 0 aliphatic carbocycles. The van der Waals surface area contributed by atoms with Crippen LogP contribution < -0.4 is 0 Å². The van der Waals surface area contributed by atoms with E-state index in [9.17, 15) is 0 Å². The fraction of sp³-hybridized carbons (Fsp3) is 0.500. The molecular formula is C8H14O3PS+. The summed E-state index contributed by atoms with van der Waals surface area (Å²) in [5.41, 5.74) is 0. The molecule has 1 heterocycles. The van der Waals surface area contributed by atoms with Crippen molar-refractivity contribution in [3.8, 4) is 0 Å². The fourth-order valence-electron chi connectivity index (χ4n) is 1.08. The van der Waals surface area contributed by atoms with Crippen LogP contribution in [0.25, 0.3) is 0 Å². The lowest BCUT2D eigenvalue weighted by molar-refractivity contribution is 0.329. The van der Waals surface area contributed by atoms with E-state index in [2.05, 4.69) is 6.07 Å². The molecule has 1 aromatic heterocycles. The van der Waals surface area contributed by atoms with Gasteiger partial charge in [-0.2, -0.15) is 14.7 Å². The van der Waals surface area contributed by atoms with Gasteiger partial charge < -0.3 is 0 Å². The molecule has 0 atom stereocenters. The summed E-state index contributed by atoms with van der Waals surface area (Å²) in [4.78, 5) is 27.4. The number of thiophene rings is 1. The quantitative estimate of drug-likeness (QED) is 0.525. The molecule has 0 saturated carbocycles. The highest BCUT2D eigenvalue weighted by molar-refractivity contribution is 7.58. The summed E-state index contributed by atoms with van der Waals surface area (Å²) < 4.78 is 0. The summed E-state index contributed by atoms with van der Waals surface area (Å²) in [7, 11) is -3.52. The van der Waals surface area contributed by atoms with Crippen molar-refractivity contribution in [3.05, 3.63) is 22.4 Å². The van der Waals surface area contributed by atoms with Gasteiger partial charge in [0.25, 0.3) is 0 Å². The highest BCUT2D eigenvalue weighted by atomic mass is 32.1. The first-order chi connectivity index (χ1) is 6.08. The molecule has 0 unspecified atom stereocenters. The van der Waals surface area contributed by atoms with E-state index < -0.39 is 7.94 Å². The second-order valence-corrected chi connectivity index (χ2v) is 5.82. The van der Waals surface area contributed by atoms with Crippen molar-refractivity contribution in [2.24, 2.45) is 0 Å². The largest absolute Gasteiger partial charge is 0.403 e. The molecule has 0 amide bonds. The van der Waals surface area contributed by atoms with Crippen LogP contribution in [0.5, 0.6) is 0 Å². The zero-order chi connectivity index (χ0) is 9.73. The molecule has 1 aromatic rings. The maximum absolute atomic E-state index is 8.70. The monoisotopic (exact) mass is 221 g/mol. The van der Waals surface area contributed by atoms with E-state index in [1.165, 1.54) is 4.88 Å². The second kappa shape index (κ2) is 5.03. The Morgan fingerprint density at radius 1 is 1.23 bits per heavy atom. The third kappa shape index (κ3) is 5.34. The molecule has 13 heavy (non-hydrogen) atoms. The van der Waals surface area contributed by atoms with Gasteiger partial charge in [-0.05, 0) is 30.7 Å². The molecule has 3 nitrogen and oxygen atoms in total. The first-order valence-corrected chi connectivity index (χ1v) is 6.88. The molecule has 5 heteroatoms.